The van der Waals surface area contributed by atoms with Gasteiger partial charge in [0.25, 0.3) is 5.91 Å². The highest BCUT2D eigenvalue weighted by Gasteiger charge is 2.25. The molecule has 3 rings (SSSR count). The first kappa shape index (κ1) is 21.3. The Labute approximate surface area is 174 Å². The molecule has 0 radical (unpaired) electrons. The Balaban J connectivity index is 1.42. The Morgan fingerprint density at radius 3 is 2.10 bits per heavy atom. The molecule has 8 nitrogen and oxygen atoms in total. The van der Waals surface area contributed by atoms with Crippen LogP contribution in [-0.2, 0) is 4.79 Å². The zero-order valence-corrected chi connectivity index (χ0v) is 16.9. The number of amides is 2. The molecule has 0 unspecified atom stereocenters. The van der Waals surface area contributed by atoms with Crippen LogP contribution >= 0.6 is 0 Å². The molecule has 0 saturated carbocycles. The summed E-state index contributed by atoms with van der Waals surface area (Å²) in [5, 5.41) is 28.6. The van der Waals surface area contributed by atoms with Gasteiger partial charge in [-0.2, -0.15) is 0 Å². The maximum atomic E-state index is 12.6. The summed E-state index contributed by atoms with van der Waals surface area (Å²) in [6.07, 6.45) is 0.984. The van der Waals surface area contributed by atoms with Gasteiger partial charge in [-0.05, 0) is 37.6 Å². The molecule has 1 aliphatic rings. The van der Waals surface area contributed by atoms with Crippen LogP contribution in [0.25, 0.3) is 0 Å². The first-order valence-electron chi connectivity index (χ1n) is 9.86. The fraction of sp³-hybridized carbons (Fsp3) is 0.364. The van der Waals surface area contributed by atoms with Crippen LogP contribution < -0.4 is 4.74 Å². The van der Waals surface area contributed by atoms with Crippen LogP contribution in [0.2, 0.25) is 0 Å². The number of piperazine rings is 1. The Morgan fingerprint density at radius 1 is 0.933 bits per heavy atom. The van der Waals surface area contributed by atoms with E-state index in [1.807, 2.05) is 31.2 Å². The van der Waals surface area contributed by atoms with Gasteiger partial charge >= 0.3 is 0 Å². The molecule has 2 aromatic rings. The van der Waals surface area contributed by atoms with Crippen molar-refractivity contribution in [1.82, 2.24) is 9.80 Å². The summed E-state index contributed by atoms with van der Waals surface area (Å²) >= 11 is 0. The fourth-order valence-corrected chi connectivity index (χ4v) is 3.28. The van der Waals surface area contributed by atoms with Crippen LogP contribution in [0.4, 0.5) is 0 Å². The molecule has 1 aliphatic heterocycles. The summed E-state index contributed by atoms with van der Waals surface area (Å²) in [7, 11) is 0. The van der Waals surface area contributed by atoms with Crippen molar-refractivity contribution in [1.29, 1.82) is 0 Å². The topological polar surface area (TPSA) is 111 Å². The van der Waals surface area contributed by atoms with E-state index in [-0.39, 0.29) is 17.4 Å². The van der Waals surface area contributed by atoms with E-state index in [9.17, 15) is 24.9 Å². The van der Waals surface area contributed by atoms with Crippen LogP contribution in [0.5, 0.6) is 23.0 Å². The third kappa shape index (κ3) is 5.14. The third-order valence-electron chi connectivity index (χ3n) is 5.06. The summed E-state index contributed by atoms with van der Waals surface area (Å²) < 4.78 is 5.64. The quantitative estimate of drug-likeness (QED) is 0.494. The highest BCUT2D eigenvalue weighted by atomic mass is 16.5. The molecule has 2 aromatic carbocycles. The van der Waals surface area contributed by atoms with Crippen LogP contribution in [-0.4, -0.2) is 69.7 Å². The fourth-order valence-electron chi connectivity index (χ4n) is 3.28. The molecule has 0 bridgehead atoms. The largest absolute Gasteiger partial charge is 0.504 e. The lowest BCUT2D eigenvalue weighted by Crippen LogP contribution is -2.50. The number of aromatic hydroxyl groups is 3. The Morgan fingerprint density at radius 2 is 1.50 bits per heavy atom. The van der Waals surface area contributed by atoms with Crippen molar-refractivity contribution in [2.45, 2.75) is 19.8 Å². The lowest BCUT2D eigenvalue weighted by Gasteiger charge is -2.35. The summed E-state index contributed by atoms with van der Waals surface area (Å²) in [5.41, 5.74) is 1.24. The van der Waals surface area contributed by atoms with E-state index >= 15 is 0 Å². The number of ether oxygens (including phenoxy) is 1. The average molecular weight is 414 g/mol. The molecule has 0 aliphatic carbocycles. The van der Waals surface area contributed by atoms with Crippen LogP contribution in [0, 0.1) is 6.92 Å². The van der Waals surface area contributed by atoms with Gasteiger partial charge in [0.05, 0.1) is 6.61 Å². The summed E-state index contributed by atoms with van der Waals surface area (Å²) in [6, 6.07) is 9.98. The average Bonchev–Trinajstić information content (AvgIpc) is 2.75. The number of rotatable bonds is 6. The van der Waals surface area contributed by atoms with Gasteiger partial charge in [0.1, 0.15) is 5.75 Å². The normalized spacial score (nSPS) is 13.9. The molecule has 8 heteroatoms. The van der Waals surface area contributed by atoms with E-state index in [1.165, 1.54) is 0 Å². The second-order valence-electron chi connectivity index (χ2n) is 7.30. The number of benzene rings is 2. The van der Waals surface area contributed by atoms with Crippen molar-refractivity contribution in [3.8, 4) is 23.0 Å². The minimum absolute atomic E-state index is 0.0227. The van der Waals surface area contributed by atoms with Crippen molar-refractivity contribution in [2.24, 2.45) is 0 Å². The molecule has 1 fully saturated rings. The number of phenolic OH excluding ortho intramolecular Hbond substituents is 3. The molecule has 1 saturated heterocycles. The van der Waals surface area contributed by atoms with E-state index in [0.29, 0.717) is 45.6 Å². The molecule has 160 valence electrons. The molecule has 0 atom stereocenters. The highest BCUT2D eigenvalue weighted by Crippen LogP contribution is 2.35. The molecular weight excluding hydrogens is 388 g/mol. The van der Waals surface area contributed by atoms with Gasteiger partial charge in [-0.1, -0.05) is 17.7 Å². The molecule has 1 heterocycles. The Kier molecular flexibility index (Phi) is 6.66. The van der Waals surface area contributed by atoms with Crippen LogP contribution in [0.15, 0.2) is 36.4 Å². The number of carbonyl (C=O) groups excluding carboxylic acids is 2. The predicted octanol–water partition coefficient (Wildman–Crippen LogP) is 2.26. The summed E-state index contributed by atoms with van der Waals surface area (Å²) in [4.78, 5) is 28.2. The number of nitrogens with zero attached hydrogens (tertiary/aromatic N) is 2. The van der Waals surface area contributed by atoms with Crippen molar-refractivity contribution >= 4 is 11.8 Å². The smallest absolute Gasteiger partial charge is 0.254 e. The standard InChI is InChI=1S/C22H26N2O6/c1-15-4-6-17(7-5-15)30-12-2-3-20(27)23-8-10-24(11-9-23)22(29)16-13-18(25)21(28)19(26)14-16/h4-7,13-14,25-26,28H,2-3,8-12H2,1H3. The first-order chi connectivity index (χ1) is 14.3. The van der Waals surface area contributed by atoms with E-state index in [0.717, 1.165) is 23.4 Å². The van der Waals surface area contributed by atoms with E-state index < -0.39 is 17.2 Å². The van der Waals surface area contributed by atoms with Gasteiger partial charge in [-0.25, -0.2) is 0 Å². The second kappa shape index (κ2) is 9.39. The first-order valence-corrected chi connectivity index (χ1v) is 9.86. The minimum atomic E-state index is -0.659. The maximum absolute atomic E-state index is 12.6. The number of aryl methyl sites for hydroxylation is 1. The Hall–Kier alpha value is -3.42. The zero-order chi connectivity index (χ0) is 21.7. The van der Waals surface area contributed by atoms with Crippen molar-refractivity contribution in [3.63, 3.8) is 0 Å². The van der Waals surface area contributed by atoms with Crippen LogP contribution in [0.3, 0.4) is 0 Å². The van der Waals surface area contributed by atoms with Crippen molar-refractivity contribution < 1.29 is 29.6 Å². The SMILES string of the molecule is Cc1ccc(OCCCC(=O)N2CCN(C(=O)c3cc(O)c(O)c(O)c3)CC2)cc1. The monoisotopic (exact) mass is 414 g/mol. The van der Waals surface area contributed by atoms with Gasteiger partial charge in [-0.15, -0.1) is 0 Å². The lowest BCUT2D eigenvalue weighted by molar-refractivity contribution is -0.132. The van der Waals surface area contributed by atoms with E-state index in [4.69, 9.17) is 4.74 Å². The van der Waals surface area contributed by atoms with Gasteiger partial charge in [-0.3, -0.25) is 9.59 Å². The zero-order valence-electron chi connectivity index (χ0n) is 16.9. The van der Waals surface area contributed by atoms with Crippen molar-refractivity contribution in [2.75, 3.05) is 32.8 Å². The van der Waals surface area contributed by atoms with Crippen LogP contribution in [0.1, 0.15) is 28.8 Å². The van der Waals surface area contributed by atoms with Gasteiger partial charge in [0.15, 0.2) is 17.2 Å². The number of phenols is 3. The van der Waals surface area contributed by atoms with Gasteiger partial charge in [0, 0.05) is 38.2 Å². The van der Waals surface area contributed by atoms with Gasteiger partial charge < -0.3 is 29.9 Å². The molecule has 3 N–H and O–H groups in total. The predicted molar refractivity (Wildman–Crippen MR) is 110 cm³/mol. The number of carbonyl (C=O) groups is 2. The molecule has 2 amide bonds. The molecule has 0 aromatic heterocycles. The Bertz CT molecular complexity index is 881. The lowest BCUT2D eigenvalue weighted by atomic mass is 10.1. The molecular formula is C22H26N2O6. The van der Waals surface area contributed by atoms with Gasteiger partial charge in [0.2, 0.25) is 5.91 Å². The molecule has 0 spiro atoms. The van der Waals surface area contributed by atoms with Crippen molar-refractivity contribution in [3.05, 3.63) is 47.5 Å². The number of hydrogen-bond donors (Lipinski definition) is 3. The third-order valence-corrected chi connectivity index (χ3v) is 5.06. The highest BCUT2D eigenvalue weighted by molar-refractivity contribution is 5.95. The summed E-state index contributed by atoms with van der Waals surface area (Å²) in [5.74, 6) is -1.34. The summed E-state index contributed by atoms with van der Waals surface area (Å²) in [6.45, 7) is 4.01. The maximum Gasteiger partial charge on any atom is 0.254 e. The second-order valence-corrected chi connectivity index (χ2v) is 7.30. The van der Waals surface area contributed by atoms with E-state index in [2.05, 4.69) is 0 Å². The molecule has 30 heavy (non-hydrogen) atoms. The van der Waals surface area contributed by atoms with E-state index in [1.54, 1.807) is 9.80 Å². The minimum Gasteiger partial charge on any atom is -0.504 e. The number of hydrogen-bond acceptors (Lipinski definition) is 6.